The van der Waals surface area contributed by atoms with Gasteiger partial charge in [-0.1, -0.05) is 60.7 Å². The van der Waals surface area contributed by atoms with Gasteiger partial charge in [-0.3, -0.25) is 4.40 Å². The number of hydrogen-bond donors (Lipinski definition) is 0. The van der Waals surface area contributed by atoms with E-state index in [1.54, 1.807) is 0 Å². The Labute approximate surface area is 174 Å². The molecule has 4 heteroatoms. The summed E-state index contributed by atoms with van der Waals surface area (Å²) in [5.41, 5.74) is 5.39. The highest BCUT2D eigenvalue weighted by atomic mass is 16.3. The first-order chi connectivity index (χ1) is 15.4. The van der Waals surface area contributed by atoms with Crippen LogP contribution in [0.4, 0.5) is 0 Å². The number of para-hydroxylation sites is 2. The third-order valence-corrected chi connectivity index (χ3v) is 6.44. The van der Waals surface area contributed by atoms with Crippen LogP contribution < -0.4 is 0 Å². The molecule has 0 radical (unpaired) electrons. The van der Waals surface area contributed by atoms with Crippen LogP contribution in [0.2, 0.25) is 0 Å². The van der Waals surface area contributed by atoms with E-state index in [1.807, 2.05) is 42.7 Å². The van der Waals surface area contributed by atoms with Crippen LogP contribution >= 0.6 is 0 Å². The summed E-state index contributed by atoms with van der Waals surface area (Å²) in [6.45, 7) is 0. The van der Waals surface area contributed by atoms with Gasteiger partial charge in [-0.2, -0.15) is 0 Å². The summed E-state index contributed by atoms with van der Waals surface area (Å²) in [5.74, 6) is 0. The van der Waals surface area contributed by atoms with Crippen molar-refractivity contribution in [3.05, 3.63) is 85.2 Å². The Hall–Kier alpha value is -4.31. The van der Waals surface area contributed by atoms with E-state index < -0.39 is 0 Å². The lowest BCUT2D eigenvalue weighted by Gasteiger charge is -2.10. The Morgan fingerprint density at radius 1 is 0.581 bits per heavy atom. The molecule has 31 heavy (non-hydrogen) atoms. The number of imidazole rings is 1. The van der Waals surface area contributed by atoms with Crippen molar-refractivity contribution in [2.24, 2.45) is 0 Å². The number of rotatable bonds is 0. The summed E-state index contributed by atoms with van der Waals surface area (Å²) < 4.78 is 15.1. The van der Waals surface area contributed by atoms with Crippen LogP contribution in [0.15, 0.2) is 94.0 Å². The summed E-state index contributed by atoms with van der Waals surface area (Å²) in [6, 6.07) is 24.9. The molecule has 0 aliphatic carbocycles. The third-order valence-electron chi connectivity index (χ3n) is 6.44. The number of benzene rings is 4. The molecule has 0 aliphatic heterocycles. The zero-order chi connectivity index (χ0) is 20.1. The lowest BCUT2D eigenvalue weighted by Crippen LogP contribution is -1.92. The molecule has 4 heterocycles. The molecule has 0 amide bonds. The minimum absolute atomic E-state index is 0.830. The highest BCUT2D eigenvalue weighted by molar-refractivity contribution is 6.37. The molecule has 0 aliphatic rings. The lowest BCUT2D eigenvalue weighted by atomic mass is 9.98. The van der Waals surface area contributed by atoms with Crippen LogP contribution in [0.25, 0.3) is 71.2 Å². The van der Waals surface area contributed by atoms with E-state index >= 15 is 0 Å². The standard InChI is InChI=1S/C27H14N2O2/c1-2-8-16-15(7-1)21-22-17-9-3-5-11-19(17)30-25(22)23-18-10-4-6-12-20(18)31-26(23)24(21)29-14-13-28-27(16)29/h1-14H. The Morgan fingerprint density at radius 3 is 1.97 bits per heavy atom. The van der Waals surface area contributed by atoms with E-state index in [0.717, 1.165) is 71.2 Å². The van der Waals surface area contributed by atoms with Gasteiger partial charge in [0.05, 0.1) is 10.9 Å². The molecule has 8 rings (SSSR count). The Bertz CT molecular complexity index is 2000. The van der Waals surface area contributed by atoms with Gasteiger partial charge >= 0.3 is 0 Å². The van der Waals surface area contributed by atoms with E-state index in [4.69, 9.17) is 8.83 Å². The number of hydrogen-bond acceptors (Lipinski definition) is 3. The summed E-state index contributed by atoms with van der Waals surface area (Å²) in [6.07, 6.45) is 3.87. The Morgan fingerprint density at radius 2 is 1.19 bits per heavy atom. The maximum atomic E-state index is 6.50. The molecule has 0 fully saturated rings. The molecule has 0 atom stereocenters. The monoisotopic (exact) mass is 398 g/mol. The average Bonchev–Trinajstić information content (AvgIpc) is 3.53. The van der Waals surface area contributed by atoms with E-state index in [2.05, 4.69) is 51.8 Å². The molecule has 144 valence electrons. The van der Waals surface area contributed by atoms with E-state index in [0.29, 0.717) is 0 Å². The summed E-state index contributed by atoms with van der Waals surface area (Å²) in [7, 11) is 0. The van der Waals surface area contributed by atoms with Crippen molar-refractivity contribution in [3.63, 3.8) is 0 Å². The second-order valence-corrected chi connectivity index (χ2v) is 7.99. The van der Waals surface area contributed by atoms with Gasteiger partial charge in [-0.25, -0.2) is 4.98 Å². The van der Waals surface area contributed by atoms with Gasteiger partial charge in [0.25, 0.3) is 0 Å². The smallest absolute Gasteiger partial charge is 0.163 e. The summed E-state index contributed by atoms with van der Waals surface area (Å²) in [4.78, 5) is 4.69. The second kappa shape index (κ2) is 5.24. The lowest BCUT2D eigenvalue weighted by molar-refractivity contribution is 0.664. The van der Waals surface area contributed by atoms with E-state index in [1.165, 1.54) is 0 Å². The van der Waals surface area contributed by atoms with Gasteiger partial charge in [0, 0.05) is 39.3 Å². The maximum absolute atomic E-state index is 6.50. The number of aromatic nitrogens is 2. The molecule has 4 aromatic carbocycles. The number of fused-ring (bicyclic) bond motifs is 15. The summed E-state index contributed by atoms with van der Waals surface area (Å²) in [5, 5.41) is 7.70. The Balaban J connectivity index is 1.88. The zero-order valence-electron chi connectivity index (χ0n) is 16.3. The van der Waals surface area contributed by atoms with Gasteiger partial charge in [-0.15, -0.1) is 0 Å². The largest absolute Gasteiger partial charge is 0.455 e. The number of furan rings is 2. The van der Waals surface area contributed by atoms with Gasteiger partial charge in [0.15, 0.2) is 5.58 Å². The highest BCUT2D eigenvalue weighted by Crippen LogP contribution is 2.46. The normalized spacial score (nSPS) is 12.5. The summed E-state index contributed by atoms with van der Waals surface area (Å²) >= 11 is 0. The van der Waals surface area contributed by atoms with Crippen molar-refractivity contribution in [1.82, 2.24) is 9.38 Å². The van der Waals surface area contributed by atoms with Crippen LogP contribution in [0, 0.1) is 0 Å². The predicted octanol–water partition coefficient (Wildman–Crippen LogP) is 7.44. The zero-order valence-corrected chi connectivity index (χ0v) is 16.3. The first-order valence-corrected chi connectivity index (χ1v) is 10.3. The molecule has 0 unspecified atom stereocenters. The Kier molecular flexibility index (Phi) is 2.62. The molecule has 0 bridgehead atoms. The maximum Gasteiger partial charge on any atom is 0.163 e. The molecule has 0 saturated carbocycles. The minimum Gasteiger partial charge on any atom is -0.455 e. The van der Waals surface area contributed by atoms with Gasteiger partial charge in [0.1, 0.15) is 22.4 Å². The molecule has 4 nitrogen and oxygen atoms in total. The first-order valence-electron chi connectivity index (χ1n) is 10.3. The average molecular weight is 398 g/mol. The van der Waals surface area contributed by atoms with Gasteiger partial charge in [0.2, 0.25) is 0 Å². The molecular formula is C27H14N2O2. The van der Waals surface area contributed by atoms with Crippen molar-refractivity contribution in [3.8, 4) is 0 Å². The van der Waals surface area contributed by atoms with E-state index in [-0.39, 0.29) is 0 Å². The van der Waals surface area contributed by atoms with Crippen molar-refractivity contribution >= 4 is 71.2 Å². The van der Waals surface area contributed by atoms with E-state index in [9.17, 15) is 0 Å². The van der Waals surface area contributed by atoms with Crippen LogP contribution in [0.5, 0.6) is 0 Å². The van der Waals surface area contributed by atoms with Crippen molar-refractivity contribution in [1.29, 1.82) is 0 Å². The van der Waals surface area contributed by atoms with Crippen molar-refractivity contribution < 1.29 is 8.83 Å². The van der Waals surface area contributed by atoms with Crippen LogP contribution in [-0.2, 0) is 0 Å². The third kappa shape index (κ3) is 1.75. The molecule has 0 spiro atoms. The molecule has 4 aromatic heterocycles. The van der Waals surface area contributed by atoms with Crippen molar-refractivity contribution in [2.75, 3.05) is 0 Å². The molecular weight excluding hydrogens is 384 g/mol. The molecule has 0 saturated heterocycles. The number of nitrogens with zero attached hydrogens (tertiary/aromatic N) is 2. The fourth-order valence-electron chi connectivity index (χ4n) is 5.21. The van der Waals surface area contributed by atoms with Gasteiger partial charge < -0.3 is 8.83 Å². The van der Waals surface area contributed by atoms with Crippen LogP contribution in [0.1, 0.15) is 0 Å². The second-order valence-electron chi connectivity index (χ2n) is 7.99. The highest BCUT2D eigenvalue weighted by Gasteiger charge is 2.24. The van der Waals surface area contributed by atoms with Crippen LogP contribution in [0.3, 0.4) is 0 Å². The van der Waals surface area contributed by atoms with Crippen LogP contribution in [-0.4, -0.2) is 9.38 Å². The quantitative estimate of drug-likeness (QED) is 0.249. The number of pyridine rings is 1. The fourth-order valence-corrected chi connectivity index (χ4v) is 5.21. The van der Waals surface area contributed by atoms with Crippen molar-refractivity contribution in [2.45, 2.75) is 0 Å². The fraction of sp³-hybridized carbons (Fsp3) is 0. The first kappa shape index (κ1) is 15.5. The van der Waals surface area contributed by atoms with Gasteiger partial charge in [-0.05, 0) is 17.5 Å². The SMILES string of the molecule is c1ccc2c(c1)oc1c2c2oc3ccccc3c2c2c3ccccc3c3nccn3c12. The molecule has 0 N–H and O–H groups in total. The minimum atomic E-state index is 0.830. The topological polar surface area (TPSA) is 43.6 Å². The molecule has 8 aromatic rings. The predicted molar refractivity (Wildman–Crippen MR) is 125 cm³/mol.